The Morgan fingerprint density at radius 1 is 1.24 bits per heavy atom. The third kappa shape index (κ3) is 6.40. The predicted octanol–water partition coefficient (Wildman–Crippen LogP) is 3.03. The Morgan fingerprint density at radius 3 is 2.90 bits per heavy atom. The van der Waals surface area contributed by atoms with Gasteiger partial charge in [-0.3, -0.25) is 9.78 Å². The Hall–Kier alpha value is -2.71. The van der Waals surface area contributed by atoms with Gasteiger partial charge in [0.2, 0.25) is 5.95 Å². The van der Waals surface area contributed by atoms with Crippen molar-refractivity contribution in [3.05, 3.63) is 75.6 Å². The second kappa shape index (κ2) is 10.7. The fraction of sp³-hybridized carbons (Fsp3) is 0.333. The van der Waals surface area contributed by atoms with E-state index in [2.05, 4.69) is 20.6 Å². The zero-order valence-corrected chi connectivity index (χ0v) is 17.5. The molecule has 0 fully saturated rings. The second-order valence-corrected chi connectivity index (χ2v) is 7.60. The van der Waals surface area contributed by atoms with E-state index in [1.165, 1.54) is 0 Å². The number of hydrogen-bond acceptors (Lipinski definition) is 7. The summed E-state index contributed by atoms with van der Waals surface area (Å²) in [6.07, 6.45) is 2.13. The van der Waals surface area contributed by atoms with Crippen LogP contribution in [0.25, 0.3) is 0 Å². The van der Waals surface area contributed by atoms with Crippen LogP contribution in [0.15, 0.2) is 51.8 Å². The fourth-order valence-corrected chi connectivity index (χ4v) is 3.57. The third-order valence-corrected chi connectivity index (χ3v) is 5.23. The normalized spacial score (nSPS) is 10.8. The highest BCUT2D eigenvalue weighted by molar-refractivity contribution is 7.98. The minimum absolute atomic E-state index is 0.134. The summed E-state index contributed by atoms with van der Waals surface area (Å²) in [5.41, 5.74) is 1.49. The monoisotopic (exact) mass is 414 g/mol. The number of aromatic amines is 1. The van der Waals surface area contributed by atoms with Crippen molar-refractivity contribution in [3.63, 3.8) is 0 Å². The van der Waals surface area contributed by atoms with Crippen molar-refractivity contribution in [1.82, 2.24) is 15.3 Å². The van der Waals surface area contributed by atoms with Gasteiger partial charge in [-0.15, -0.1) is 0 Å². The summed E-state index contributed by atoms with van der Waals surface area (Å²) in [6, 6.07) is 11.7. The maximum absolute atomic E-state index is 12.3. The highest BCUT2D eigenvalue weighted by Gasteiger charge is 2.06. The molecule has 0 bridgehead atoms. The van der Waals surface area contributed by atoms with Gasteiger partial charge in [-0.2, -0.15) is 11.8 Å². The van der Waals surface area contributed by atoms with Crippen molar-refractivity contribution in [2.24, 2.45) is 0 Å². The van der Waals surface area contributed by atoms with Gasteiger partial charge in [-0.25, -0.2) is 4.98 Å². The molecule has 1 aromatic carbocycles. The van der Waals surface area contributed by atoms with E-state index in [9.17, 15) is 4.79 Å². The summed E-state index contributed by atoms with van der Waals surface area (Å²) in [5.74, 6) is 4.85. The highest BCUT2D eigenvalue weighted by Crippen LogP contribution is 2.16. The van der Waals surface area contributed by atoms with E-state index in [1.54, 1.807) is 25.1 Å². The number of hydrogen-bond donors (Lipinski definition) is 3. The largest absolute Gasteiger partial charge is 0.497 e. The number of nitrogens with zero attached hydrogens (tertiary/aromatic N) is 1. The lowest BCUT2D eigenvalue weighted by atomic mass is 10.1. The lowest BCUT2D eigenvalue weighted by Crippen LogP contribution is -2.18. The van der Waals surface area contributed by atoms with Crippen molar-refractivity contribution in [3.8, 4) is 5.75 Å². The standard InChI is InChI=1S/C21H26N4O3S/c1-22-13-18-6-7-19(28-18)14-29-9-8-23-21-24-12-16(20(26)25-21)10-15-4-3-5-17(11-15)27-2/h3-7,11-12,22H,8-10,13-14H2,1-2H3,(H2,23,24,25,26). The molecular weight excluding hydrogens is 388 g/mol. The van der Waals surface area contributed by atoms with Gasteiger partial charge >= 0.3 is 0 Å². The van der Waals surface area contributed by atoms with Crippen LogP contribution in [-0.4, -0.2) is 36.4 Å². The molecule has 0 radical (unpaired) electrons. The van der Waals surface area contributed by atoms with Crippen LogP contribution in [-0.2, 0) is 18.7 Å². The number of anilines is 1. The number of thioether (sulfide) groups is 1. The summed E-state index contributed by atoms with van der Waals surface area (Å²) in [4.78, 5) is 19.5. The van der Waals surface area contributed by atoms with E-state index in [-0.39, 0.29) is 5.56 Å². The zero-order chi connectivity index (χ0) is 20.5. The van der Waals surface area contributed by atoms with Gasteiger partial charge in [0.05, 0.1) is 19.4 Å². The van der Waals surface area contributed by atoms with Crippen LogP contribution in [0, 0.1) is 0 Å². The molecule has 8 heteroatoms. The zero-order valence-electron chi connectivity index (χ0n) is 16.7. The maximum atomic E-state index is 12.3. The van der Waals surface area contributed by atoms with E-state index < -0.39 is 0 Å². The van der Waals surface area contributed by atoms with Gasteiger partial charge < -0.3 is 19.8 Å². The molecule has 0 saturated carbocycles. The van der Waals surface area contributed by atoms with E-state index in [1.807, 2.05) is 43.4 Å². The maximum Gasteiger partial charge on any atom is 0.255 e. The van der Waals surface area contributed by atoms with E-state index >= 15 is 0 Å². The van der Waals surface area contributed by atoms with Gasteiger partial charge in [0.15, 0.2) is 0 Å². The molecule has 0 saturated heterocycles. The molecule has 3 N–H and O–H groups in total. The summed E-state index contributed by atoms with van der Waals surface area (Å²) < 4.78 is 10.9. The first-order valence-corrected chi connectivity index (χ1v) is 10.6. The number of rotatable bonds is 11. The Labute approximate surface area is 174 Å². The number of methoxy groups -OCH3 is 1. The molecule has 0 unspecified atom stereocenters. The Bertz CT molecular complexity index is 970. The number of aromatic nitrogens is 2. The van der Waals surface area contributed by atoms with Gasteiger partial charge in [-0.05, 0) is 36.9 Å². The highest BCUT2D eigenvalue weighted by atomic mass is 32.2. The van der Waals surface area contributed by atoms with Crippen LogP contribution in [0.1, 0.15) is 22.6 Å². The quantitative estimate of drug-likeness (QED) is 0.415. The summed E-state index contributed by atoms with van der Waals surface area (Å²) >= 11 is 1.76. The van der Waals surface area contributed by atoms with Crippen LogP contribution in [0.3, 0.4) is 0 Å². The first kappa shape index (κ1) is 21.0. The molecule has 0 spiro atoms. The lowest BCUT2D eigenvalue weighted by molar-refractivity contribution is 0.414. The molecule has 154 valence electrons. The van der Waals surface area contributed by atoms with Crippen molar-refractivity contribution in [1.29, 1.82) is 0 Å². The molecule has 0 aliphatic carbocycles. The molecule has 0 aliphatic heterocycles. The first-order chi connectivity index (χ1) is 14.2. The Balaban J connectivity index is 1.44. The molecule has 0 aliphatic rings. The minimum Gasteiger partial charge on any atom is -0.497 e. The van der Waals surface area contributed by atoms with Crippen LogP contribution < -0.4 is 20.9 Å². The number of ether oxygens (including phenoxy) is 1. The number of nitrogens with one attached hydrogen (secondary N) is 3. The lowest BCUT2D eigenvalue weighted by Gasteiger charge is -2.07. The Kier molecular flexibility index (Phi) is 7.77. The number of H-pyrrole nitrogens is 1. The van der Waals surface area contributed by atoms with E-state index in [0.29, 0.717) is 24.5 Å². The second-order valence-electron chi connectivity index (χ2n) is 6.49. The van der Waals surface area contributed by atoms with Gasteiger partial charge in [0.25, 0.3) is 5.56 Å². The minimum atomic E-state index is -0.134. The SMILES string of the molecule is CNCc1ccc(CSCCNc2ncc(Cc3cccc(OC)c3)c(=O)[nH]2)o1. The molecule has 3 rings (SSSR count). The molecule has 29 heavy (non-hydrogen) atoms. The molecule has 0 atom stereocenters. The van der Waals surface area contributed by atoms with Crippen LogP contribution in [0.4, 0.5) is 5.95 Å². The molecular formula is C21H26N4O3S. The third-order valence-electron chi connectivity index (χ3n) is 4.25. The van der Waals surface area contributed by atoms with E-state index in [4.69, 9.17) is 9.15 Å². The first-order valence-electron chi connectivity index (χ1n) is 9.43. The van der Waals surface area contributed by atoms with Gasteiger partial charge in [0.1, 0.15) is 17.3 Å². The smallest absolute Gasteiger partial charge is 0.255 e. The topological polar surface area (TPSA) is 92.2 Å². The van der Waals surface area contributed by atoms with Crippen molar-refractivity contribution >= 4 is 17.7 Å². The van der Waals surface area contributed by atoms with E-state index in [0.717, 1.165) is 40.9 Å². The molecule has 2 aromatic heterocycles. The average molecular weight is 415 g/mol. The van der Waals surface area contributed by atoms with Crippen molar-refractivity contribution in [2.75, 3.05) is 31.8 Å². The molecule has 0 amide bonds. The summed E-state index contributed by atoms with van der Waals surface area (Å²) in [5, 5.41) is 6.23. The van der Waals surface area contributed by atoms with Crippen molar-refractivity contribution < 1.29 is 9.15 Å². The molecule has 3 aromatic rings. The number of benzene rings is 1. The molecule has 2 heterocycles. The van der Waals surface area contributed by atoms with Crippen LogP contribution in [0.2, 0.25) is 0 Å². The van der Waals surface area contributed by atoms with Crippen molar-refractivity contribution in [2.45, 2.75) is 18.7 Å². The Morgan fingerprint density at radius 2 is 2.10 bits per heavy atom. The number of furan rings is 1. The van der Waals surface area contributed by atoms with Gasteiger partial charge in [0, 0.05) is 30.5 Å². The summed E-state index contributed by atoms with van der Waals surface area (Å²) in [6.45, 7) is 1.44. The predicted molar refractivity (Wildman–Crippen MR) is 117 cm³/mol. The van der Waals surface area contributed by atoms with Gasteiger partial charge in [-0.1, -0.05) is 12.1 Å². The summed E-state index contributed by atoms with van der Waals surface area (Å²) in [7, 11) is 3.52. The fourth-order valence-electron chi connectivity index (χ4n) is 2.82. The van der Waals surface area contributed by atoms with Crippen LogP contribution in [0.5, 0.6) is 5.75 Å². The molecule has 7 nitrogen and oxygen atoms in total. The average Bonchev–Trinajstić information content (AvgIpc) is 3.17. The van der Waals surface area contributed by atoms with Crippen LogP contribution >= 0.6 is 11.8 Å².